The van der Waals surface area contributed by atoms with Gasteiger partial charge in [0.2, 0.25) is 0 Å². The number of thiophene rings is 1. The minimum absolute atomic E-state index is 0.520. The van der Waals surface area contributed by atoms with Crippen LogP contribution in [0.4, 0.5) is 0 Å². The predicted molar refractivity (Wildman–Crippen MR) is 68.9 cm³/mol. The van der Waals surface area contributed by atoms with E-state index in [1.807, 2.05) is 22.9 Å². The Morgan fingerprint density at radius 3 is 2.81 bits per heavy atom. The van der Waals surface area contributed by atoms with Gasteiger partial charge in [0.1, 0.15) is 5.15 Å². The van der Waals surface area contributed by atoms with Crippen LogP contribution in [-0.4, -0.2) is 9.97 Å². The van der Waals surface area contributed by atoms with Gasteiger partial charge in [-0.05, 0) is 29.9 Å². The van der Waals surface area contributed by atoms with E-state index in [-0.39, 0.29) is 0 Å². The van der Waals surface area contributed by atoms with Crippen molar-refractivity contribution >= 4 is 22.9 Å². The maximum absolute atomic E-state index is 6.00. The summed E-state index contributed by atoms with van der Waals surface area (Å²) in [6.45, 7) is 4.33. The van der Waals surface area contributed by atoms with Gasteiger partial charge in [-0.2, -0.15) is 11.3 Å². The predicted octanol–water partition coefficient (Wildman–Crippen LogP) is 4.06. The van der Waals surface area contributed by atoms with Gasteiger partial charge in [0.15, 0.2) is 5.82 Å². The molecule has 2 aromatic rings. The first-order chi connectivity index (χ1) is 7.65. The van der Waals surface area contributed by atoms with Gasteiger partial charge in [0, 0.05) is 16.6 Å². The highest BCUT2D eigenvalue weighted by atomic mass is 35.5. The molecule has 0 aliphatic heterocycles. The van der Waals surface area contributed by atoms with E-state index in [1.54, 1.807) is 11.3 Å². The monoisotopic (exact) mass is 252 g/mol. The molecule has 0 spiro atoms. The number of hydrogen-bond donors (Lipinski definition) is 0. The smallest absolute Gasteiger partial charge is 0.161 e. The van der Waals surface area contributed by atoms with Crippen LogP contribution >= 0.6 is 22.9 Å². The van der Waals surface area contributed by atoms with Crippen LogP contribution in [0.1, 0.15) is 19.5 Å². The van der Waals surface area contributed by atoms with Crippen molar-refractivity contribution in [2.24, 2.45) is 5.92 Å². The van der Waals surface area contributed by atoms with Gasteiger partial charge in [-0.1, -0.05) is 25.4 Å². The van der Waals surface area contributed by atoms with E-state index < -0.39 is 0 Å². The van der Waals surface area contributed by atoms with Crippen molar-refractivity contribution in [3.63, 3.8) is 0 Å². The highest BCUT2D eigenvalue weighted by Gasteiger charge is 2.07. The van der Waals surface area contributed by atoms with E-state index in [0.717, 1.165) is 23.5 Å². The van der Waals surface area contributed by atoms with Crippen LogP contribution in [0, 0.1) is 5.92 Å². The summed E-state index contributed by atoms with van der Waals surface area (Å²) in [5, 5.41) is 4.57. The molecular formula is C12H13ClN2S. The summed E-state index contributed by atoms with van der Waals surface area (Å²) in [4.78, 5) is 8.77. The van der Waals surface area contributed by atoms with Crippen LogP contribution in [0.25, 0.3) is 11.4 Å². The fourth-order valence-electron chi connectivity index (χ4n) is 1.51. The zero-order valence-electron chi connectivity index (χ0n) is 9.27. The Hall–Kier alpha value is -0.930. The number of rotatable bonds is 3. The molecule has 0 amide bonds. The molecule has 0 saturated carbocycles. The van der Waals surface area contributed by atoms with Gasteiger partial charge in [-0.25, -0.2) is 9.97 Å². The van der Waals surface area contributed by atoms with Crippen molar-refractivity contribution in [2.45, 2.75) is 20.3 Å². The quantitative estimate of drug-likeness (QED) is 0.770. The van der Waals surface area contributed by atoms with Crippen molar-refractivity contribution < 1.29 is 0 Å². The Kier molecular flexibility index (Phi) is 3.56. The molecule has 0 atom stereocenters. The van der Waals surface area contributed by atoms with Gasteiger partial charge in [0.25, 0.3) is 0 Å². The lowest BCUT2D eigenvalue weighted by atomic mass is 10.1. The van der Waals surface area contributed by atoms with E-state index in [0.29, 0.717) is 11.1 Å². The molecule has 0 unspecified atom stereocenters. The summed E-state index contributed by atoms with van der Waals surface area (Å²) in [7, 11) is 0. The second kappa shape index (κ2) is 4.93. The molecular weight excluding hydrogens is 240 g/mol. The number of hydrogen-bond acceptors (Lipinski definition) is 3. The molecule has 0 fully saturated rings. The minimum Gasteiger partial charge on any atom is -0.233 e. The average Bonchev–Trinajstić information content (AvgIpc) is 2.67. The first-order valence-electron chi connectivity index (χ1n) is 5.21. The number of halogens is 1. The molecule has 2 nitrogen and oxygen atoms in total. The summed E-state index contributed by atoms with van der Waals surface area (Å²) in [6.07, 6.45) is 0.930. The van der Waals surface area contributed by atoms with Crippen molar-refractivity contribution in [2.75, 3.05) is 0 Å². The molecule has 2 aromatic heterocycles. The second-order valence-corrected chi connectivity index (χ2v) is 5.28. The lowest BCUT2D eigenvalue weighted by molar-refractivity contribution is 0.634. The fraction of sp³-hybridized carbons (Fsp3) is 0.333. The summed E-state index contributed by atoms with van der Waals surface area (Å²) < 4.78 is 0. The number of aromatic nitrogens is 2. The van der Waals surface area contributed by atoms with Crippen molar-refractivity contribution in [1.82, 2.24) is 9.97 Å². The lowest BCUT2D eigenvalue weighted by Crippen LogP contribution is -2.00. The van der Waals surface area contributed by atoms with E-state index in [9.17, 15) is 0 Å². The summed E-state index contributed by atoms with van der Waals surface area (Å²) in [5.74, 6) is 1.30. The Bertz CT molecular complexity index is 466. The van der Waals surface area contributed by atoms with Crippen LogP contribution < -0.4 is 0 Å². The molecule has 0 aromatic carbocycles. The summed E-state index contributed by atoms with van der Waals surface area (Å²) >= 11 is 7.64. The average molecular weight is 253 g/mol. The first-order valence-corrected chi connectivity index (χ1v) is 6.53. The molecule has 0 radical (unpaired) electrons. The SMILES string of the molecule is CC(C)Cc1cc(Cl)nc(-c2ccsc2)n1. The normalized spacial score (nSPS) is 11.0. The van der Waals surface area contributed by atoms with E-state index in [2.05, 4.69) is 23.8 Å². The zero-order valence-corrected chi connectivity index (χ0v) is 10.8. The van der Waals surface area contributed by atoms with Crippen molar-refractivity contribution in [3.8, 4) is 11.4 Å². The van der Waals surface area contributed by atoms with Crippen LogP contribution in [0.5, 0.6) is 0 Å². The third-order valence-corrected chi connectivity index (χ3v) is 3.02. The third-order valence-electron chi connectivity index (χ3n) is 2.14. The van der Waals surface area contributed by atoms with Crippen molar-refractivity contribution in [3.05, 3.63) is 33.7 Å². The highest BCUT2D eigenvalue weighted by molar-refractivity contribution is 7.08. The summed E-state index contributed by atoms with van der Waals surface area (Å²) in [5.41, 5.74) is 2.05. The number of nitrogens with zero attached hydrogens (tertiary/aromatic N) is 2. The molecule has 0 aliphatic carbocycles. The lowest BCUT2D eigenvalue weighted by Gasteiger charge is -2.06. The Morgan fingerprint density at radius 2 is 2.19 bits per heavy atom. The largest absolute Gasteiger partial charge is 0.233 e. The second-order valence-electron chi connectivity index (χ2n) is 4.12. The topological polar surface area (TPSA) is 25.8 Å². The van der Waals surface area contributed by atoms with Crippen LogP contribution in [-0.2, 0) is 6.42 Å². The molecule has 4 heteroatoms. The summed E-state index contributed by atoms with van der Waals surface area (Å²) in [6, 6.07) is 3.85. The van der Waals surface area contributed by atoms with E-state index >= 15 is 0 Å². The molecule has 0 saturated heterocycles. The fourth-order valence-corrected chi connectivity index (χ4v) is 2.35. The van der Waals surface area contributed by atoms with Crippen molar-refractivity contribution in [1.29, 1.82) is 0 Å². The maximum atomic E-state index is 6.00. The third kappa shape index (κ3) is 2.80. The molecule has 84 valence electrons. The molecule has 2 heterocycles. The van der Waals surface area contributed by atoms with Gasteiger partial charge in [0.05, 0.1) is 0 Å². The molecule has 2 rings (SSSR count). The van der Waals surface area contributed by atoms with Crippen LogP contribution in [0.3, 0.4) is 0 Å². The standard InChI is InChI=1S/C12H13ClN2S/c1-8(2)5-10-6-11(13)15-12(14-10)9-3-4-16-7-9/h3-4,6-8H,5H2,1-2H3. The Labute approximate surface area is 104 Å². The zero-order chi connectivity index (χ0) is 11.5. The van der Waals surface area contributed by atoms with Gasteiger partial charge < -0.3 is 0 Å². The van der Waals surface area contributed by atoms with Crippen LogP contribution in [0.2, 0.25) is 5.15 Å². The van der Waals surface area contributed by atoms with Crippen LogP contribution in [0.15, 0.2) is 22.9 Å². The Morgan fingerprint density at radius 1 is 1.38 bits per heavy atom. The molecule has 0 N–H and O–H groups in total. The minimum atomic E-state index is 0.520. The van der Waals surface area contributed by atoms with Gasteiger partial charge in [-0.15, -0.1) is 0 Å². The molecule has 0 bridgehead atoms. The highest BCUT2D eigenvalue weighted by Crippen LogP contribution is 2.21. The van der Waals surface area contributed by atoms with E-state index in [4.69, 9.17) is 11.6 Å². The van der Waals surface area contributed by atoms with E-state index in [1.165, 1.54) is 0 Å². The maximum Gasteiger partial charge on any atom is 0.161 e. The first kappa shape index (κ1) is 11.6. The van der Waals surface area contributed by atoms with Gasteiger partial charge in [-0.3, -0.25) is 0 Å². The van der Waals surface area contributed by atoms with Gasteiger partial charge >= 0.3 is 0 Å². The Balaban J connectivity index is 2.36. The molecule has 16 heavy (non-hydrogen) atoms. The molecule has 0 aliphatic rings.